The molecule has 0 fully saturated rings. The molecule has 0 aliphatic carbocycles. The van der Waals surface area contributed by atoms with E-state index in [-0.39, 0.29) is 5.43 Å². The summed E-state index contributed by atoms with van der Waals surface area (Å²) in [6.07, 6.45) is 0. The van der Waals surface area contributed by atoms with Crippen LogP contribution >= 0.6 is 11.3 Å². The third-order valence-corrected chi connectivity index (χ3v) is 5.20. The van der Waals surface area contributed by atoms with Crippen molar-refractivity contribution < 1.29 is 0 Å². The van der Waals surface area contributed by atoms with Gasteiger partial charge in [-0.1, -0.05) is 39.8 Å². The molecule has 0 radical (unpaired) electrons. The van der Waals surface area contributed by atoms with Gasteiger partial charge in [-0.15, -0.1) is 11.3 Å². The summed E-state index contributed by atoms with van der Waals surface area (Å²) in [5.41, 5.74) is 2.63. The predicted molar refractivity (Wildman–Crippen MR) is 93.8 cm³/mol. The summed E-state index contributed by atoms with van der Waals surface area (Å²) in [5, 5.41) is 1.72. The fourth-order valence-electron chi connectivity index (χ4n) is 2.61. The van der Waals surface area contributed by atoms with Gasteiger partial charge in [-0.05, 0) is 47.2 Å². The van der Waals surface area contributed by atoms with Crippen LogP contribution in [0.2, 0.25) is 0 Å². The number of benzene rings is 2. The minimum Gasteiger partial charge on any atom is -0.289 e. The van der Waals surface area contributed by atoms with E-state index in [1.165, 1.54) is 11.1 Å². The zero-order valence-electron chi connectivity index (χ0n) is 12.9. The van der Waals surface area contributed by atoms with Gasteiger partial charge in [0.15, 0.2) is 5.43 Å². The summed E-state index contributed by atoms with van der Waals surface area (Å²) in [7, 11) is 0. The van der Waals surface area contributed by atoms with Gasteiger partial charge in [0, 0.05) is 20.2 Å². The first-order valence-corrected chi connectivity index (χ1v) is 8.29. The third kappa shape index (κ3) is 2.49. The molecular formula is C19H20OS. The monoisotopic (exact) mass is 296 g/mol. The number of rotatable bonds is 2. The van der Waals surface area contributed by atoms with Gasteiger partial charge in [0.05, 0.1) is 0 Å². The minimum atomic E-state index is 0.170. The molecular weight excluding hydrogens is 276 g/mol. The molecule has 2 heteroatoms. The second-order valence-electron chi connectivity index (χ2n) is 6.25. The predicted octanol–water partition coefficient (Wildman–Crippen LogP) is 5.66. The lowest BCUT2D eigenvalue weighted by Crippen LogP contribution is -2.03. The Hall–Kier alpha value is -1.67. The Kier molecular flexibility index (Phi) is 3.58. The zero-order valence-corrected chi connectivity index (χ0v) is 13.8. The first-order chi connectivity index (χ1) is 9.97. The molecule has 108 valence electrons. The van der Waals surface area contributed by atoms with Gasteiger partial charge >= 0.3 is 0 Å². The highest BCUT2D eigenvalue weighted by Gasteiger charge is 2.10. The molecule has 0 spiro atoms. The smallest absolute Gasteiger partial charge is 0.195 e. The zero-order chi connectivity index (χ0) is 15.1. The number of hydrogen-bond donors (Lipinski definition) is 0. The van der Waals surface area contributed by atoms with E-state index in [1.807, 2.05) is 0 Å². The molecule has 1 nitrogen and oxygen atoms in total. The molecule has 21 heavy (non-hydrogen) atoms. The molecule has 0 atom stereocenters. The maximum absolute atomic E-state index is 12.8. The summed E-state index contributed by atoms with van der Waals surface area (Å²) in [6, 6.07) is 12.6. The molecule has 0 saturated carbocycles. The van der Waals surface area contributed by atoms with Crippen molar-refractivity contribution in [2.24, 2.45) is 0 Å². The number of fused-ring (bicyclic) bond motifs is 2. The Balaban J connectivity index is 2.37. The van der Waals surface area contributed by atoms with Crippen LogP contribution in [-0.4, -0.2) is 0 Å². The van der Waals surface area contributed by atoms with Gasteiger partial charge in [0.1, 0.15) is 0 Å². The molecule has 0 unspecified atom stereocenters. The van der Waals surface area contributed by atoms with Crippen molar-refractivity contribution >= 4 is 31.5 Å². The van der Waals surface area contributed by atoms with Gasteiger partial charge in [0.2, 0.25) is 0 Å². The lowest BCUT2D eigenvalue weighted by molar-refractivity contribution is 0.868. The molecule has 3 aromatic rings. The SMILES string of the molecule is CC(C)c1ccc2sc3ccc(C(C)C)cc3c(=O)c2c1. The molecule has 0 aliphatic rings. The van der Waals surface area contributed by atoms with E-state index >= 15 is 0 Å². The molecule has 0 saturated heterocycles. The lowest BCUT2D eigenvalue weighted by Gasteiger charge is -2.09. The van der Waals surface area contributed by atoms with Crippen molar-refractivity contribution in [2.45, 2.75) is 39.5 Å². The third-order valence-electron chi connectivity index (χ3n) is 4.05. The summed E-state index contributed by atoms with van der Waals surface area (Å²) in [4.78, 5) is 12.8. The molecule has 0 N–H and O–H groups in total. The normalized spacial score (nSPS) is 11.9. The van der Waals surface area contributed by atoms with Gasteiger partial charge < -0.3 is 0 Å². The Morgan fingerprint density at radius 2 is 1.19 bits per heavy atom. The second-order valence-corrected chi connectivity index (χ2v) is 7.34. The standard InChI is InChI=1S/C19H20OS/c1-11(2)13-5-7-17-15(9-13)19(20)16-10-14(12(3)4)6-8-18(16)21-17/h5-12H,1-4H3. The maximum atomic E-state index is 12.8. The van der Waals surface area contributed by atoms with Crippen LogP contribution in [0, 0.1) is 0 Å². The first-order valence-electron chi connectivity index (χ1n) is 7.48. The average molecular weight is 296 g/mol. The molecule has 0 bridgehead atoms. The van der Waals surface area contributed by atoms with Crippen LogP contribution in [0.3, 0.4) is 0 Å². The molecule has 1 aromatic heterocycles. The fraction of sp³-hybridized carbons (Fsp3) is 0.316. The second kappa shape index (κ2) is 5.27. The first kappa shape index (κ1) is 14.3. The number of hydrogen-bond acceptors (Lipinski definition) is 2. The minimum absolute atomic E-state index is 0.170. The van der Waals surface area contributed by atoms with E-state index in [9.17, 15) is 4.79 Å². The summed E-state index contributed by atoms with van der Waals surface area (Å²) in [6.45, 7) is 8.64. The fourth-order valence-corrected chi connectivity index (χ4v) is 3.64. The van der Waals surface area contributed by atoms with E-state index in [4.69, 9.17) is 0 Å². The molecule has 0 aliphatic heterocycles. The van der Waals surface area contributed by atoms with Crippen LogP contribution in [0.15, 0.2) is 41.2 Å². The van der Waals surface area contributed by atoms with Gasteiger partial charge in [-0.3, -0.25) is 4.79 Å². The van der Waals surface area contributed by atoms with Crippen LogP contribution in [0.5, 0.6) is 0 Å². The van der Waals surface area contributed by atoms with Crippen LogP contribution in [0.25, 0.3) is 20.2 Å². The largest absolute Gasteiger partial charge is 0.289 e. The summed E-state index contributed by atoms with van der Waals surface area (Å²) in [5.74, 6) is 0.882. The van der Waals surface area contributed by atoms with E-state index in [2.05, 4.69) is 64.1 Å². The van der Waals surface area contributed by atoms with Crippen LogP contribution in [0.1, 0.15) is 50.7 Å². The Bertz CT molecular complexity index is 803. The van der Waals surface area contributed by atoms with Crippen molar-refractivity contribution in [3.63, 3.8) is 0 Å². The molecule has 2 aromatic carbocycles. The topological polar surface area (TPSA) is 17.1 Å². The molecule has 1 heterocycles. The average Bonchev–Trinajstić information content (AvgIpc) is 2.46. The lowest BCUT2D eigenvalue weighted by atomic mass is 9.99. The summed E-state index contributed by atoms with van der Waals surface area (Å²) < 4.78 is 2.16. The van der Waals surface area contributed by atoms with E-state index in [0.29, 0.717) is 11.8 Å². The Morgan fingerprint density at radius 1 is 0.762 bits per heavy atom. The van der Waals surface area contributed by atoms with E-state index in [1.54, 1.807) is 11.3 Å². The van der Waals surface area contributed by atoms with Crippen molar-refractivity contribution in [3.8, 4) is 0 Å². The molecule has 0 amide bonds. The highest BCUT2D eigenvalue weighted by molar-refractivity contribution is 7.24. The Morgan fingerprint density at radius 3 is 1.57 bits per heavy atom. The van der Waals surface area contributed by atoms with Crippen LogP contribution in [0.4, 0.5) is 0 Å². The highest BCUT2D eigenvalue weighted by Crippen LogP contribution is 2.29. The van der Waals surface area contributed by atoms with Crippen molar-refractivity contribution in [2.75, 3.05) is 0 Å². The van der Waals surface area contributed by atoms with Gasteiger partial charge in [0.25, 0.3) is 0 Å². The maximum Gasteiger partial charge on any atom is 0.195 e. The van der Waals surface area contributed by atoms with Crippen molar-refractivity contribution in [1.29, 1.82) is 0 Å². The van der Waals surface area contributed by atoms with Crippen LogP contribution < -0.4 is 5.43 Å². The van der Waals surface area contributed by atoms with E-state index < -0.39 is 0 Å². The van der Waals surface area contributed by atoms with Crippen molar-refractivity contribution in [1.82, 2.24) is 0 Å². The Labute approximate surface area is 129 Å². The summed E-state index contributed by atoms with van der Waals surface area (Å²) >= 11 is 1.71. The van der Waals surface area contributed by atoms with Crippen molar-refractivity contribution in [3.05, 3.63) is 57.7 Å². The quantitative estimate of drug-likeness (QED) is 0.557. The van der Waals surface area contributed by atoms with Crippen LogP contribution in [-0.2, 0) is 0 Å². The highest BCUT2D eigenvalue weighted by atomic mass is 32.1. The van der Waals surface area contributed by atoms with Gasteiger partial charge in [-0.25, -0.2) is 0 Å². The van der Waals surface area contributed by atoms with Gasteiger partial charge in [-0.2, -0.15) is 0 Å². The molecule has 3 rings (SSSR count). The van der Waals surface area contributed by atoms with E-state index in [0.717, 1.165) is 20.2 Å².